The Hall–Kier alpha value is -3.96. The van der Waals surface area contributed by atoms with Crippen molar-refractivity contribution in [2.75, 3.05) is 5.73 Å². The first-order valence-electron chi connectivity index (χ1n) is 10.6. The normalized spacial score (nSPS) is 14.2. The number of thiophene rings is 1. The van der Waals surface area contributed by atoms with Crippen LogP contribution in [0.1, 0.15) is 18.5 Å². The quantitative estimate of drug-likeness (QED) is 0.348. The van der Waals surface area contributed by atoms with Gasteiger partial charge < -0.3 is 10.8 Å². The van der Waals surface area contributed by atoms with Crippen molar-refractivity contribution < 1.29 is 13.9 Å². The molecule has 0 fully saturated rings. The molecule has 0 aliphatic heterocycles. The van der Waals surface area contributed by atoms with Crippen LogP contribution in [-0.2, 0) is 12.1 Å². The van der Waals surface area contributed by atoms with Gasteiger partial charge in [-0.05, 0) is 36.8 Å². The zero-order valence-electron chi connectivity index (χ0n) is 18.5. The van der Waals surface area contributed by atoms with Crippen molar-refractivity contribution in [3.8, 4) is 10.4 Å². The van der Waals surface area contributed by atoms with Gasteiger partial charge in [0, 0.05) is 22.2 Å². The summed E-state index contributed by atoms with van der Waals surface area (Å²) in [6.45, 7) is 1.34. The van der Waals surface area contributed by atoms with Crippen molar-refractivity contribution in [1.29, 1.82) is 0 Å². The molecule has 2 atom stereocenters. The number of hydrogen-bond donors (Lipinski definition) is 2. The lowest BCUT2D eigenvalue weighted by atomic mass is 9.86. The Bertz CT molecular complexity index is 1570. The van der Waals surface area contributed by atoms with Crippen LogP contribution in [0.2, 0.25) is 0 Å². The van der Waals surface area contributed by atoms with Crippen LogP contribution in [-0.4, -0.2) is 29.4 Å². The molecule has 0 aliphatic rings. The molecule has 0 saturated carbocycles. The first-order chi connectivity index (χ1) is 16.8. The maximum absolute atomic E-state index is 14.9. The molecular formula is C24H20F2N6O2S. The van der Waals surface area contributed by atoms with Crippen LogP contribution in [0, 0.1) is 11.6 Å². The average molecular weight is 495 g/mol. The van der Waals surface area contributed by atoms with Crippen molar-refractivity contribution in [2.45, 2.75) is 25.1 Å². The third-order valence-corrected chi connectivity index (χ3v) is 7.19. The van der Waals surface area contributed by atoms with Gasteiger partial charge in [0.1, 0.15) is 34.6 Å². The summed E-state index contributed by atoms with van der Waals surface area (Å²) in [5.74, 6) is -1.72. The number of halogens is 2. The molecule has 5 aromatic rings. The van der Waals surface area contributed by atoms with Gasteiger partial charge in [-0.1, -0.05) is 18.2 Å². The maximum atomic E-state index is 14.9. The van der Waals surface area contributed by atoms with E-state index in [1.54, 1.807) is 19.1 Å². The molecule has 3 aromatic heterocycles. The highest BCUT2D eigenvalue weighted by Crippen LogP contribution is 2.37. The number of hydrogen-bond acceptors (Lipinski definition) is 7. The number of aromatic nitrogens is 5. The molecule has 0 spiro atoms. The molecule has 8 nitrogen and oxygen atoms in total. The van der Waals surface area contributed by atoms with Crippen LogP contribution in [0.25, 0.3) is 20.7 Å². The van der Waals surface area contributed by atoms with Crippen LogP contribution >= 0.6 is 11.3 Å². The van der Waals surface area contributed by atoms with Gasteiger partial charge in [0.15, 0.2) is 0 Å². The van der Waals surface area contributed by atoms with Gasteiger partial charge in [-0.2, -0.15) is 5.10 Å². The molecule has 0 bridgehead atoms. The lowest BCUT2D eigenvalue weighted by Crippen LogP contribution is -2.43. The minimum Gasteiger partial charge on any atom is -0.399 e. The average Bonchev–Trinajstić information content (AvgIpc) is 3.49. The lowest BCUT2D eigenvalue weighted by molar-refractivity contribution is -0.0343. The number of nitrogens with zero attached hydrogens (tertiary/aromatic N) is 5. The Morgan fingerprint density at radius 3 is 2.60 bits per heavy atom. The molecule has 11 heteroatoms. The van der Waals surface area contributed by atoms with Crippen molar-refractivity contribution >= 4 is 27.2 Å². The van der Waals surface area contributed by atoms with Crippen LogP contribution < -0.4 is 11.3 Å². The maximum Gasteiger partial charge on any atom is 0.271 e. The van der Waals surface area contributed by atoms with E-state index in [9.17, 15) is 18.7 Å². The van der Waals surface area contributed by atoms with Crippen molar-refractivity contribution in [3.63, 3.8) is 0 Å². The summed E-state index contributed by atoms with van der Waals surface area (Å²) >= 11 is 1.26. The van der Waals surface area contributed by atoms with E-state index in [-0.39, 0.29) is 12.1 Å². The van der Waals surface area contributed by atoms with Crippen LogP contribution in [0.5, 0.6) is 0 Å². The molecule has 0 aliphatic carbocycles. The van der Waals surface area contributed by atoms with Gasteiger partial charge in [-0.15, -0.1) is 11.3 Å². The van der Waals surface area contributed by atoms with E-state index in [1.807, 2.05) is 18.2 Å². The second kappa shape index (κ2) is 8.67. The molecule has 0 unspecified atom stereocenters. The Morgan fingerprint density at radius 1 is 1.14 bits per heavy atom. The predicted octanol–water partition coefficient (Wildman–Crippen LogP) is 3.73. The predicted molar refractivity (Wildman–Crippen MR) is 129 cm³/mol. The number of nitrogen functional groups attached to an aromatic ring is 1. The number of benzene rings is 2. The van der Waals surface area contributed by atoms with E-state index in [0.717, 1.165) is 16.5 Å². The summed E-state index contributed by atoms with van der Waals surface area (Å²) in [4.78, 5) is 22.6. The van der Waals surface area contributed by atoms with E-state index in [0.29, 0.717) is 22.0 Å². The number of aliphatic hydroxyl groups is 1. The fourth-order valence-electron chi connectivity index (χ4n) is 4.06. The Balaban J connectivity index is 1.62. The third-order valence-electron chi connectivity index (χ3n) is 6.03. The fraction of sp³-hybridized carbons (Fsp3) is 0.167. The molecule has 0 saturated heterocycles. The number of rotatable bonds is 6. The summed E-state index contributed by atoms with van der Waals surface area (Å²) in [7, 11) is 0. The largest absolute Gasteiger partial charge is 0.399 e. The van der Waals surface area contributed by atoms with E-state index < -0.39 is 28.8 Å². The molecule has 0 amide bonds. The van der Waals surface area contributed by atoms with Crippen molar-refractivity contribution in [3.05, 3.63) is 95.1 Å². The fourth-order valence-corrected chi connectivity index (χ4v) is 5.12. The van der Waals surface area contributed by atoms with E-state index in [4.69, 9.17) is 5.73 Å². The van der Waals surface area contributed by atoms with E-state index in [1.165, 1.54) is 45.6 Å². The number of anilines is 1. The monoisotopic (exact) mass is 494 g/mol. The highest BCUT2D eigenvalue weighted by atomic mass is 32.1. The minimum absolute atomic E-state index is 0.178. The first kappa shape index (κ1) is 22.8. The minimum atomic E-state index is -1.98. The second-order valence-electron chi connectivity index (χ2n) is 8.22. The Labute approximate surface area is 201 Å². The van der Waals surface area contributed by atoms with Gasteiger partial charge in [0.25, 0.3) is 5.56 Å². The molecular weight excluding hydrogens is 474 g/mol. The summed E-state index contributed by atoms with van der Waals surface area (Å²) < 4.78 is 31.4. The number of fused-ring (bicyclic) bond motifs is 1. The molecule has 3 N–H and O–H groups in total. The van der Waals surface area contributed by atoms with Gasteiger partial charge in [0.05, 0.1) is 24.4 Å². The standard InChI is InChI=1S/C24H20F2N6O2S/c1-14(24(34,10-31-12-28-11-30-31)18-7-4-16(25)8-19(18)26)32-13-29-20-9-21(35-22(20)23(32)33)15-2-5-17(27)6-3-15/h2-9,11-14,34H,10,27H2,1H3/t14-,24-/m1/s1. The van der Waals surface area contributed by atoms with Gasteiger partial charge in [-0.3, -0.25) is 9.36 Å². The van der Waals surface area contributed by atoms with E-state index in [2.05, 4.69) is 15.1 Å². The van der Waals surface area contributed by atoms with Crippen molar-refractivity contribution in [1.82, 2.24) is 24.3 Å². The zero-order chi connectivity index (χ0) is 24.7. The van der Waals surface area contributed by atoms with E-state index >= 15 is 0 Å². The smallest absolute Gasteiger partial charge is 0.271 e. The summed E-state index contributed by atoms with van der Waals surface area (Å²) in [5, 5.41) is 15.8. The number of nitrogens with two attached hydrogens (primary N) is 1. The zero-order valence-corrected chi connectivity index (χ0v) is 19.3. The molecule has 178 valence electrons. The highest BCUT2D eigenvalue weighted by molar-refractivity contribution is 7.22. The molecule has 0 radical (unpaired) electrons. The molecule has 5 rings (SSSR count). The van der Waals surface area contributed by atoms with Gasteiger partial charge in [-0.25, -0.2) is 23.4 Å². The third kappa shape index (κ3) is 4.08. The SMILES string of the molecule is C[C@@H](n1cnc2cc(-c3ccc(N)cc3)sc2c1=O)[C@](O)(Cn1cncn1)c1ccc(F)cc1F. The second-order valence-corrected chi connectivity index (χ2v) is 9.27. The molecule has 2 aromatic carbocycles. The Kier molecular flexibility index (Phi) is 5.65. The van der Waals surface area contributed by atoms with Gasteiger partial charge >= 0.3 is 0 Å². The summed E-state index contributed by atoms with van der Waals surface area (Å²) in [6.07, 6.45) is 3.96. The molecule has 3 heterocycles. The highest BCUT2D eigenvalue weighted by Gasteiger charge is 2.41. The van der Waals surface area contributed by atoms with Crippen molar-refractivity contribution in [2.24, 2.45) is 0 Å². The van der Waals surface area contributed by atoms with Gasteiger partial charge in [0.2, 0.25) is 0 Å². The summed E-state index contributed by atoms with van der Waals surface area (Å²) in [5.41, 5.74) is 5.23. The lowest BCUT2D eigenvalue weighted by Gasteiger charge is -2.35. The van der Waals surface area contributed by atoms with Crippen LogP contribution in [0.3, 0.4) is 0 Å². The Morgan fingerprint density at radius 2 is 1.91 bits per heavy atom. The first-order valence-corrected chi connectivity index (χ1v) is 11.4. The van der Waals surface area contributed by atoms with Crippen LogP contribution in [0.15, 0.2) is 72.3 Å². The topological polar surface area (TPSA) is 112 Å². The molecule has 35 heavy (non-hydrogen) atoms. The summed E-state index contributed by atoms with van der Waals surface area (Å²) in [6, 6.07) is 11.0. The van der Waals surface area contributed by atoms with Crippen LogP contribution in [0.4, 0.5) is 14.5 Å².